The maximum Gasteiger partial charge on any atom is 0.206 e. The van der Waals surface area contributed by atoms with E-state index in [9.17, 15) is 0 Å². The fourth-order valence-electron chi connectivity index (χ4n) is 2.25. The number of benzene rings is 1. The third-order valence-electron chi connectivity index (χ3n) is 3.35. The van der Waals surface area contributed by atoms with Crippen LogP contribution in [0.4, 0.5) is 0 Å². The Morgan fingerprint density at radius 2 is 2.16 bits per heavy atom. The van der Waals surface area contributed by atoms with Gasteiger partial charge in [-0.2, -0.15) is 5.10 Å². The van der Waals surface area contributed by atoms with Crippen LogP contribution in [0, 0.1) is 0 Å². The third-order valence-corrected chi connectivity index (χ3v) is 4.20. The van der Waals surface area contributed by atoms with Gasteiger partial charge in [0, 0.05) is 10.9 Å². The zero-order valence-electron chi connectivity index (χ0n) is 14.0. The van der Waals surface area contributed by atoms with Gasteiger partial charge in [0.15, 0.2) is 5.76 Å². The molecule has 0 aliphatic heterocycles. The molecule has 0 atom stereocenters. The summed E-state index contributed by atoms with van der Waals surface area (Å²) in [5.74, 6) is 1.54. The van der Waals surface area contributed by atoms with E-state index in [0.717, 1.165) is 27.6 Å². The fraction of sp³-hybridized carbons (Fsp3) is 0.158. The summed E-state index contributed by atoms with van der Waals surface area (Å²) in [5, 5.41) is 6.60. The van der Waals surface area contributed by atoms with Gasteiger partial charge in [0.25, 0.3) is 0 Å². The molecule has 0 radical (unpaired) electrons. The van der Waals surface area contributed by atoms with E-state index in [0.29, 0.717) is 13.2 Å². The molecule has 2 aromatic heterocycles. The van der Waals surface area contributed by atoms with Crippen molar-refractivity contribution in [3.05, 3.63) is 71.1 Å². The number of hydrogen-bond donors (Lipinski definition) is 0. The van der Waals surface area contributed by atoms with Crippen molar-refractivity contribution in [2.24, 2.45) is 10.1 Å². The molecule has 0 saturated carbocycles. The summed E-state index contributed by atoms with van der Waals surface area (Å²) in [5.41, 5.74) is 1.76. The number of rotatable bonds is 7. The van der Waals surface area contributed by atoms with Crippen LogP contribution in [-0.2, 0) is 0 Å². The first-order valence-corrected chi connectivity index (χ1v) is 8.83. The normalized spacial score (nSPS) is 12.0. The number of aromatic nitrogens is 1. The van der Waals surface area contributed by atoms with E-state index in [1.165, 1.54) is 11.3 Å². The van der Waals surface area contributed by atoms with Crippen molar-refractivity contribution in [2.45, 2.75) is 6.92 Å². The highest BCUT2D eigenvalue weighted by atomic mass is 32.1. The summed E-state index contributed by atoms with van der Waals surface area (Å²) in [6.45, 7) is 6.81. The molecular formula is C19H19N3O2S. The van der Waals surface area contributed by atoms with Crippen molar-refractivity contribution >= 4 is 17.6 Å². The zero-order valence-corrected chi connectivity index (χ0v) is 14.8. The molecule has 0 unspecified atom stereocenters. The van der Waals surface area contributed by atoms with Gasteiger partial charge >= 0.3 is 0 Å². The van der Waals surface area contributed by atoms with Crippen LogP contribution in [0.2, 0.25) is 0 Å². The first-order valence-electron chi connectivity index (χ1n) is 7.95. The molecular weight excluding hydrogens is 334 g/mol. The minimum absolute atomic E-state index is 0.531. The highest BCUT2D eigenvalue weighted by Crippen LogP contribution is 2.21. The van der Waals surface area contributed by atoms with E-state index in [-0.39, 0.29) is 0 Å². The van der Waals surface area contributed by atoms with Gasteiger partial charge in [-0.15, -0.1) is 17.9 Å². The highest BCUT2D eigenvalue weighted by molar-refractivity contribution is 7.07. The molecule has 0 fully saturated rings. The summed E-state index contributed by atoms with van der Waals surface area (Å²) < 4.78 is 12.9. The molecule has 0 saturated heterocycles. The largest absolute Gasteiger partial charge is 0.493 e. The monoisotopic (exact) mass is 353 g/mol. The van der Waals surface area contributed by atoms with Gasteiger partial charge in [-0.1, -0.05) is 18.2 Å². The first-order chi connectivity index (χ1) is 12.3. The highest BCUT2D eigenvalue weighted by Gasteiger charge is 2.10. The van der Waals surface area contributed by atoms with Crippen molar-refractivity contribution in [3.8, 4) is 17.2 Å². The average molecular weight is 353 g/mol. The molecule has 0 aliphatic carbocycles. The van der Waals surface area contributed by atoms with E-state index in [4.69, 9.17) is 9.15 Å². The Morgan fingerprint density at radius 1 is 1.28 bits per heavy atom. The Hall–Kier alpha value is -2.86. The topological polar surface area (TPSA) is 52.0 Å². The molecule has 2 heterocycles. The predicted octanol–water partition coefficient (Wildman–Crippen LogP) is 4.18. The van der Waals surface area contributed by atoms with Gasteiger partial charge in [-0.25, -0.2) is 4.68 Å². The van der Waals surface area contributed by atoms with Gasteiger partial charge in [0.05, 0.1) is 25.6 Å². The number of hydrogen-bond acceptors (Lipinski definition) is 5. The molecule has 0 spiro atoms. The molecule has 5 nitrogen and oxygen atoms in total. The van der Waals surface area contributed by atoms with Gasteiger partial charge in [-0.3, -0.25) is 4.99 Å². The second kappa shape index (κ2) is 8.30. The van der Waals surface area contributed by atoms with Crippen molar-refractivity contribution in [3.63, 3.8) is 0 Å². The van der Waals surface area contributed by atoms with E-state index < -0.39 is 0 Å². The first kappa shape index (κ1) is 17.0. The minimum Gasteiger partial charge on any atom is -0.493 e. The minimum atomic E-state index is 0.531. The molecule has 0 aliphatic rings. The average Bonchev–Trinajstić information content (AvgIpc) is 3.29. The Morgan fingerprint density at radius 3 is 2.92 bits per heavy atom. The Labute approximate surface area is 150 Å². The maximum atomic E-state index is 5.65. The van der Waals surface area contributed by atoms with Crippen LogP contribution >= 0.6 is 11.3 Å². The third kappa shape index (κ3) is 3.97. The number of nitrogens with zero attached hydrogens (tertiary/aromatic N) is 3. The van der Waals surface area contributed by atoms with Crippen LogP contribution in [0.5, 0.6) is 5.75 Å². The van der Waals surface area contributed by atoms with Gasteiger partial charge in [-0.05, 0) is 31.2 Å². The second-order valence-corrected chi connectivity index (χ2v) is 5.87. The molecule has 1 aromatic carbocycles. The SMILES string of the molecule is C=CCN=c1scc(-c2ccco2)n1N=Cc1ccccc1OCC. The molecule has 25 heavy (non-hydrogen) atoms. The standard InChI is InChI=1S/C19H19N3O2S/c1-3-11-20-19-22(16(14-25-19)18-10-7-12-24-18)21-13-15-8-5-6-9-17(15)23-4-2/h3,5-10,12-14H,1,4,11H2,2H3. The smallest absolute Gasteiger partial charge is 0.206 e. The summed E-state index contributed by atoms with van der Waals surface area (Å²) in [4.78, 5) is 5.28. The van der Waals surface area contributed by atoms with E-state index >= 15 is 0 Å². The van der Waals surface area contributed by atoms with Crippen LogP contribution in [0.15, 0.2) is 75.2 Å². The van der Waals surface area contributed by atoms with Crippen molar-refractivity contribution in [1.82, 2.24) is 4.68 Å². The number of thiazole rings is 1. The van der Waals surface area contributed by atoms with Crippen LogP contribution in [0.25, 0.3) is 11.5 Å². The summed E-state index contributed by atoms with van der Waals surface area (Å²) in [6, 6.07) is 11.6. The molecule has 128 valence electrons. The fourth-order valence-corrected chi connectivity index (χ4v) is 3.08. The van der Waals surface area contributed by atoms with Crippen molar-refractivity contribution in [1.29, 1.82) is 0 Å². The summed E-state index contributed by atoms with van der Waals surface area (Å²) in [7, 11) is 0. The number of furan rings is 1. The zero-order chi connectivity index (χ0) is 17.5. The molecule has 3 aromatic rings. The van der Waals surface area contributed by atoms with Crippen molar-refractivity contribution < 1.29 is 9.15 Å². The van der Waals surface area contributed by atoms with Gasteiger partial charge in [0.1, 0.15) is 11.4 Å². The maximum absolute atomic E-state index is 5.65. The molecule has 0 bridgehead atoms. The van der Waals surface area contributed by atoms with Gasteiger partial charge in [0.2, 0.25) is 4.80 Å². The van der Waals surface area contributed by atoms with Crippen LogP contribution in [0.3, 0.4) is 0 Å². The lowest BCUT2D eigenvalue weighted by Gasteiger charge is -2.06. The molecule has 6 heteroatoms. The van der Waals surface area contributed by atoms with E-state index in [1.807, 2.05) is 48.7 Å². The van der Waals surface area contributed by atoms with Crippen molar-refractivity contribution in [2.75, 3.05) is 13.2 Å². The molecule has 0 amide bonds. The summed E-state index contributed by atoms with van der Waals surface area (Å²) in [6.07, 6.45) is 5.17. The second-order valence-electron chi connectivity index (χ2n) is 5.04. The lowest BCUT2D eigenvalue weighted by atomic mass is 10.2. The Balaban J connectivity index is 2.04. The number of ether oxygens (including phenoxy) is 1. The predicted molar refractivity (Wildman–Crippen MR) is 101 cm³/mol. The van der Waals surface area contributed by atoms with E-state index in [1.54, 1.807) is 23.2 Å². The summed E-state index contributed by atoms with van der Waals surface area (Å²) >= 11 is 1.51. The quantitative estimate of drug-likeness (QED) is 0.473. The Bertz CT molecular complexity index is 920. The van der Waals surface area contributed by atoms with E-state index in [2.05, 4.69) is 16.7 Å². The van der Waals surface area contributed by atoms with Crippen LogP contribution in [0.1, 0.15) is 12.5 Å². The number of para-hydroxylation sites is 1. The van der Waals surface area contributed by atoms with Crippen LogP contribution < -0.4 is 9.54 Å². The molecule has 0 N–H and O–H groups in total. The van der Waals surface area contributed by atoms with Gasteiger partial charge < -0.3 is 9.15 Å². The lowest BCUT2D eigenvalue weighted by Crippen LogP contribution is -2.12. The Kier molecular flexibility index (Phi) is 5.64. The van der Waals surface area contributed by atoms with Crippen LogP contribution in [-0.4, -0.2) is 24.0 Å². The molecule has 3 rings (SSSR count). The lowest BCUT2D eigenvalue weighted by molar-refractivity contribution is 0.340.